The summed E-state index contributed by atoms with van der Waals surface area (Å²) in [6, 6.07) is 9.47. The number of nitrogens with zero attached hydrogens (tertiary/aromatic N) is 2. The van der Waals surface area contributed by atoms with E-state index in [-0.39, 0.29) is 22.9 Å². The lowest BCUT2D eigenvalue weighted by Crippen LogP contribution is -2.37. The molecule has 1 aliphatic rings. The van der Waals surface area contributed by atoms with Gasteiger partial charge in [-0.25, -0.2) is 13.2 Å². The van der Waals surface area contributed by atoms with Crippen LogP contribution in [-0.4, -0.2) is 44.5 Å². The number of carbonyl (C=O) groups is 1. The minimum absolute atomic E-state index is 0.0241. The van der Waals surface area contributed by atoms with Gasteiger partial charge in [-0.3, -0.25) is 10.1 Å². The molecule has 0 aromatic heterocycles. The topological polar surface area (TPSA) is 116 Å². The number of nitro benzene ring substituents is 1. The molecule has 2 aromatic carbocycles. The van der Waals surface area contributed by atoms with Crippen LogP contribution in [-0.2, 0) is 19.4 Å². The number of nitro groups is 1. The molecule has 206 valence electrons. The van der Waals surface area contributed by atoms with Crippen molar-refractivity contribution < 1.29 is 27.6 Å². The van der Waals surface area contributed by atoms with E-state index in [1.165, 1.54) is 36.2 Å². The standard InChI is InChI=1S/C27H34N2O7S2/c1-5-8-14-27(6-2)18-28(20-9-11-21(12-10-20)29(31)32)22-16-24(37-4)23(17-25(22)38(33,34)19-27)36-15-13-26(30)35-7-3/h9-13,15-17H,5-8,14,18-19H2,1-4H3/b15-13+. The summed E-state index contributed by atoms with van der Waals surface area (Å²) in [5, 5.41) is 11.2. The second-order valence-corrected chi connectivity index (χ2v) is 12.0. The molecule has 0 aliphatic carbocycles. The molecular weight excluding hydrogens is 528 g/mol. The lowest BCUT2D eigenvalue weighted by Gasteiger charge is -2.36. The van der Waals surface area contributed by atoms with Gasteiger partial charge in [0, 0.05) is 35.8 Å². The maximum Gasteiger partial charge on any atom is 0.333 e. The fourth-order valence-electron chi connectivity index (χ4n) is 4.62. The largest absolute Gasteiger partial charge is 0.464 e. The Morgan fingerprint density at radius 2 is 1.92 bits per heavy atom. The first kappa shape index (κ1) is 29.5. The molecule has 0 spiro atoms. The van der Waals surface area contributed by atoms with Gasteiger partial charge < -0.3 is 14.4 Å². The first-order valence-corrected chi connectivity index (χ1v) is 15.4. The van der Waals surface area contributed by atoms with Crippen LogP contribution in [0.2, 0.25) is 0 Å². The summed E-state index contributed by atoms with van der Waals surface area (Å²) in [4.78, 5) is 25.2. The molecule has 1 heterocycles. The van der Waals surface area contributed by atoms with Crippen molar-refractivity contribution in [3.8, 4) is 5.75 Å². The van der Waals surface area contributed by atoms with Crippen LogP contribution in [0.4, 0.5) is 17.1 Å². The number of anilines is 2. The molecule has 3 rings (SSSR count). The minimum atomic E-state index is -3.74. The number of hydrogen-bond acceptors (Lipinski definition) is 9. The van der Waals surface area contributed by atoms with E-state index in [9.17, 15) is 23.3 Å². The summed E-state index contributed by atoms with van der Waals surface area (Å²) in [5.41, 5.74) is 0.619. The van der Waals surface area contributed by atoms with Crippen molar-refractivity contribution in [2.75, 3.05) is 30.1 Å². The molecule has 2 aromatic rings. The number of rotatable bonds is 11. The molecule has 0 bridgehead atoms. The fraction of sp³-hybridized carbons (Fsp3) is 0.444. The molecule has 0 amide bonds. The number of fused-ring (bicyclic) bond motifs is 1. The lowest BCUT2D eigenvalue weighted by atomic mass is 9.81. The van der Waals surface area contributed by atoms with E-state index in [4.69, 9.17) is 9.47 Å². The van der Waals surface area contributed by atoms with E-state index >= 15 is 0 Å². The van der Waals surface area contributed by atoms with Gasteiger partial charge in [-0.15, -0.1) is 11.8 Å². The fourth-order valence-corrected chi connectivity index (χ4v) is 7.33. The van der Waals surface area contributed by atoms with Crippen LogP contribution in [0.15, 0.2) is 58.5 Å². The average Bonchev–Trinajstić information content (AvgIpc) is 2.99. The van der Waals surface area contributed by atoms with Crippen molar-refractivity contribution in [1.82, 2.24) is 0 Å². The van der Waals surface area contributed by atoms with E-state index in [2.05, 4.69) is 6.92 Å². The summed E-state index contributed by atoms with van der Waals surface area (Å²) in [7, 11) is -3.74. The predicted octanol–water partition coefficient (Wildman–Crippen LogP) is 6.28. The lowest BCUT2D eigenvalue weighted by molar-refractivity contribution is -0.384. The van der Waals surface area contributed by atoms with Gasteiger partial charge in [0.15, 0.2) is 9.84 Å². The highest BCUT2D eigenvalue weighted by atomic mass is 32.2. The normalized spacial score (nSPS) is 18.6. The highest BCUT2D eigenvalue weighted by molar-refractivity contribution is 7.98. The van der Waals surface area contributed by atoms with E-state index in [1.54, 1.807) is 25.1 Å². The molecule has 0 N–H and O–H groups in total. The maximum atomic E-state index is 13.9. The number of unbranched alkanes of at least 4 members (excludes halogenated alkanes) is 1. The number of esters is 1. The first-order chi connectivity index (χ1) is 18.1. The summed E-state index contributed by atoms with van der Waals surface area (Å²) in [6.07, 6.45) is 7.40. The number of non-ortho nitro benzene ring substituents is 1. The van der Waals surface area contributed by atoms with Crippen LogP contribution in [0.3, 0.4) is 0 Å². The van der Waals surface area contributed by atoms with Gasteiger partial charge in [0.25, 0.3) is 5.69 Å². The zero-order chi connectivity index (χ0) is 27.9. The monoisotopic (exact) mass is 562 g/mol. The zero-order valence-corrected chi connectivity index (χ0v) is 23.8. The Morgan fingerprint density at radius 1 is 1.21 bits per heavy atom. The quantitative estimate of drug-likeness (QED) is 0.0778. The number of carbonyl (C=O) groups excluding carboxylic acids is 1. The maximum absolute atomic E-state index is 13.9. The van der Waals surface area contributed by atoms with Crippen LogP contribution in [0, 0.1) is 15.5 Å². The molecule has 0 saturated heterocycles. The van der Waals surface area contributed by atoms with Gasteiger partial charge >= 0.3 is 5.97 Å². The summed E-state index contributed by atoms with van der Waals surface area (Å²) in [5.74, 6) is -0.279. The van der Waals surface area contributed by atoms with E-state index < -0.39 is 26.1 Å². The third-order valence-electron chi connectivity index (χ3n) is 6.73. The minimum Gasteiger partial charge on any atom is -0.464 e. The Morgan fingerprint density at radius 3 is 2.50 bits per heavy atom. The van der Waals surface area contributed by atoms with Crippen molar-refractivity contribution >= 4 is 44.6 Å². The van der Waals surface area contributed by atoms with Crippen LogP contribution >= 0.6 is 11.8 Å². The van der Waals surface area contributed by atoms with Gasteiger partial charge in [-0.1, -0.05) is 26.7 Å². The molecule has 11 heteroatoms. The van der Waals surface area contributed by atoms with Crippen LogP contribution < -0.4 is 9.64 Å². The molecule has 9 nitrogen and oxygen atoms in total. The predicted molar refractivity (Wildman–Crippen MR) is 149 cm³/mol. The third-order valence-corrected chi connectivity index (χ3v) is 9.48. The van der Waals surface area contributed by atoms with Gasteiger partial charge in [-0.05, 0) is 44.2 Å². The second-order valence-electron chi connectivity index (χ2n) is 9.22. The van der Waals surface area contributed by atoms with Gasteiger partial charge in [0.05, 0.1) is 45.1 Å². The molecule has 38 heavy (non-hydrogen) atoms. The smallest absolute Gasteiger partial charge is 0.333 e. The molecule has 1 unspecified atom stereocenters. The van der Waals surface area contributed by atoms with Crippen molar-refractivity contribution in [2.24, 2.45) is 5.41 Å². The number of sulfone groups is 1. The molecule has 1 atom stereocenters. The Bertz CT molecular complexity index is 1290. The number of hydrogen-bond donors (Lipinski definition) is 0. The summed E-state index contributed by atoms with van der Waals surface area (Å²) < 4.78 is 38.4. The van der Waals surface area contributed by atoms with E-state index in [1.807, 2.05) is 18.1 Å². The van der Waals surface area contributed by atoms with Crippen molar-refractivity contribution in [3.05, 3.63) is 58.9 Å². The van der Waals surface area contributed by atoms with Gasteiger partial charge in [0.1, 0.15) is 5.75 Å². The molecular formula is C27H34N2O7S2. The van der Waals surface area contributed by atoms with E-state index in [0.717, 1.165) is 25.3 Å². The molecule has 0 fully saturated rings. The van der Waals surface area contributed by atoms with E-state index in [0.29, 0.717) is 35.0 Å². The van der Waals surface area contributed by atoms with Crippen LogP contribution in [0.5, 0.6) is 5.75 Å². The number of thioether (sulfide) groups is 1. The Labute approximate surface area is 228 Å². The highest BCUT2D eigenvalue weighted by Gasteiger charge is 2.42. The number of benzene rings is 2. The Hall–Kier alpha value is -3.05. The summed E-state index contributed by atoms with van der Waals surface area (Å²) >= 11 is 1.38. The average molecular weight is 563 g/mol. The molecule has 0 radical (unpaired) electrons. The summed E-state index contributed by atoms with van der Waals surface area (Å²) in [6.45, 7) is 6.46. The van der Waals surface area contributed by atoms with Gasteiger partial charge in [-0.2, -0.15) is 0 Å². The second kappa shape index (κ2) is 12.7. The SMILES string of the molecule is CCCCC1(CC)CN(c2ccc([N+](=O)[O-])cc2)c2cc(SC)c(O/C=C/C(=O)OCC)cc2S(=O)(=O)C1. The highest BCUT2D eigenvalue weighted by Crippen LogP contribution is 2.47. The molecule has 1 aliphatic heterocycles. The van der Waals surface area contributed by atoms with Crippen LogP contribution in [0.25, 0.3) is 0 Å². The van der Waals surface area contributed by atoms with Crippen LogP contribution in [0.1, 0.15) is 46.5 Å². The third kappa shape index (κ3) is 6.68. The number of ether oxygens (including phenoxy) is 2. The zero-order valence-electron chi connectivity index (χ0n) is 22.1. The Kier molecular flexibility index (Phi) is 9.83. The van der Waals surface area contributed by atoms with Gasteiger partial charge in [0.2, 0.25) is 0 Å². The molecule has 0 saturated carbocycles. The Balaban J connectivity index is 2.19. The van der Waals surface area contributed by atoms with Crippen molar-refractivity contribution in [3.63, 3.8) is 0 Å². The van der Waals surface area contributed by atoms with Crippen molar-refractivity contribution in [2.45, 2.75) is 56.2 Å². The first-order valence-electron chi connectivity index (χ1n) is 12.6. The van der Waals surface area contributed by atoms with Crippen molar-refractivity contribution in [1.29, 1.82) is 0 Å².